The van der Waals surface area contributed by atoms with Crippen molar-refractivity contribution in [2.45, 2.75) is 11.8 Å². The molecular formula is C11H6ClF4NO. The van der Waals surface area contributed by atoms with E-state index in [0.717, 1.165) is 0 Å². The highest BCUT2D eigenvalue weighted by molar-refractivity contribution is 6.45. The molecule has 0 aromatic heterocycles. The summed E-state index contributed by atoms with van der Waals surface area (Å²) < 4.78 is 52.9. The van der Waals surface area contributed by atoms with Crippen LogP contribution < -0.4 is 5.32 Å². The molecule has 1 aliphatic carbocycles. The average molecular weight is 280 g/mol. The maximum Gasteiger partial charge on any atom is 0.378 e. The third-order valence-corrected chi connectivity index (χ3v) is 2.82. The van der Waals surface area contributed by atoms with E-state index in [-0.39, 0.29) is 5.69 Å². The monoisotopic (exact) mass is 279 g/mol. The van der Waals surface area contributed by atoms with E-state index in [1.165, 1.54) is 24.3 Å². The summed E-state index contributed by atoms with van der Waals surface area (Å²) in [5.41, 5.74) is -1.14. The van der Waals surface area contributed by atoms with Crippen LogP contribution in [0.3, 0.4) is 0 Å². The highest BCUT2D eigenvalue weighted by Crippen LogP contribution is 2.49. The molecule has 2 rings (SSSR count). The zero-order valence-corrected chi connectivity index (χ0v) is 9.44. The number of anilines is 1. The van der Waals surface area contributed by atoms with Crippen LogP contribution in [0.15, 0.2) is 41.1 Å². The van der Waals surface area contributed by atoms with Crippen LogP contribution >= 0.6 is 11.6 Å². The molecule has 0 spiro atoms. The number of benzene rings is 1. The predicted octanol–water partition coefficient (Wildman–Crippen LogP) is 3.40. The molecule has 0 bridgehead atoms. The van der Waals surface area contributed by atoms with Gasteiger partial charge in [0.05, 0.1) is 0 Å². The summed E-state index contributed by atoms with van der Waals surface area (Å²) in [6.07, 6.45) is 0. The Kier molecular flexibility index (Phi) is 2.85. The van der Waals surface area contributed by atoms with Gasteiger partial charge in [-0.25, -0.2) is 0 Å². The number of hydrogen-bond acceptors (Lipinski definition) is 2. The molecule has 0 heterocycles. The second-order valence-electron chi connectivity index (χ2n) is 3.66. The van der Waals surface area contributed by atoms with Crippen LogP contribution in [0.2, 0.25) is 0 Å². The molecular weight excluding hydrogens is 274 g/mol. The second kappa shape index (κ2) is 3.98. The van der Waals surface area contributed by atoms with Gasteiger partial charge in [0.25, 0.3) is 5.78 Å². The molecule has 0 aliphatic heterocycles. The minimum Gasteiger partial charge on any atom is -0.352 e. The van der Waals surface area contributed by atoms with Gasteiger partial charge in [-0.1, -0.05) is 29.8 Å². The Morgan fingerprint density at radius 3 is 2.00 bits per heavy atom. The van der Waals surface area contributed by atoms with Gasteiger partial charge in [-0.2, -0.15) is 17.6 Å². The number of allylic oxidation sites excluding steroid dienone is 2. The molecule has 0 amide bonds. The van der Waals surface area contributed by atoms with Crippen LogP contribution in [0.4, 0.5) is 23.2 Å². The molecule has 1 aliphatic rings. The Bertz CT molecular complexity index is 527. The molecule has 0 fully saturated rings. The molecule has 96 valence electrons. The SMILES string of the molecule is O=C1C(Cl)=C(Nc2ccccc2)C(F)(F)C1(F)F. The van der Waals surface area contributed by atoms with E-state index < -0.39 is 28.4 Å². The zero-order chi connectivity index (χ0) is 13.6. The maximum atomic E-state index is 13.4. The molecule has 1 aromatic rings. The summed E-state index contributed by atoms with van der Waals surface area (Å²) in [7, 11) is 0. The number of carbonyl (C=O) groups is 1. The standard InChI is InChI=1S/C11H6ClF4NO/c12-7-8(17-6-4-2-1-3-5-6)10(13,14)11(15,16)9(7)18/h1-5,17H. The van der Waals surface area contributed by atoms with Crippen molar-refractivity contribution < 1.29 is 22.4 Å². The van der Waals surface area contributed by atoms with Gasteiger partial charge in [0, 0.05) is 5.69 Å². The van der Waals surface area contributed by atoms with Crippen LogP contribution in [0.25, 0.3) is 0 Å². The average Bonchev–Trinajstić information content (AvgIpc) is 2.44. The fourth-order valence-corrected chi connectivity index (χ4v) is 1.77. The lowest BCUT2D eigenvalue weighted by Gasteiger charge is -2.20. The van der Waals surface area contributed by atoms with Crippen molar-refractivity contribution in [3.8, 4) is 0 Å². The zero-order valence-electron chi connectivity index (χ0n) is 8.68. The minimum absolute atomic E-state index is 0.135. The lowest BCUT2D eigenvalue weighted by molar-refractivity contribution is -0.181. The number of Topliss-reactive ketones (excluding diaryl/α,β-unsaturated/α-hetero) is 1. The summed E-state index contributed by atoms with van der Waals surface area (Å²) in [5.74, 6) is -11.5. The number of alkyl halides is 4. The predicted molar refractivity (Wildman–Crippen MR) is 57.8 cm³/mol. The molecule has 0 radical (unpaired) electrons. The molecule has 0 atom stereocenters. The quantitative estimate of drug-likeness (QED) is 0.841. The summed E-state index contributed by atoms with van der Waals surface area (Å²) in [6.45, 7) is 0. The van der Waals surface area contributed by atoms with Crippen LogP contribution in [-0.4, -0.2) is 17.6 Å². The van der Waals surface area contributed by atoms with Gasteiger partial charge in [-0.3, -0.25) is 4.79 Å². The summed E-state index contributed by atoms with van der Waals surface area (Å²) in [6, 6.07) is 7.42. The fourth-order valence-electron chi connectivity index (χ4n) is 1.49. The minimum atomic E-state index is -4.82. The largest absolute Gasteiger partial charge is 0.378 e. The first kappa shape index (κ1) is 12.9. The highest BCUT2D eigenvalue weighted by Gasteiger charge is 2.70. The number of carbonyl (C=O) groups excluding carboxylic acids is 1. The Morgan fingerprint density at radius 1 is 1.00 bits per heavy atom. The van der Waals surface area contributed by atoms with Crippen molar-refractivity contribution in [2.24, 2.45) is 0 Å². The number of rotatable bonds is 2. The van der Waals surface area contributed by atoms with E-state index in [0.29, 0.717) is 0 Å². The topological polar surface area (TPSA) is 29.1 Å². The molecule has 0 saturated heterocycles. The van der Waals surface area contributed by atoms with E-state index in [1.807, 2.05) is 0 Å². The van der Waals surface area contributed by atoms with Gasteiger partial charge in [0.1, 0.15) is 10.7 Å². The summed E-state index contributed by atoms with van der Waals surface area (Å²) >= 11 is 5.26. The number of halogens is 5. The second-order valence-corrected chi connectivity index (χ2v) is 4.04. The first-order valence-electron chi connectivity index (χ1n) is 4.81. The van der Waals surface area contributed by atoms with Crippen LogP contribution in [0.1, 0.15) is 0 Å². The van der Waals surface area contributed by atoms with E-state index in [2.05, 4.69) is 5.32 Å². The van der Waals surface area contributed by atoms with E-state index in [9.17, 15) is 22.4 Å². The highest BCUT2D eigenvalue weighted by atomic mass is 35.5. The lowest BCUT2D eigenvalue weighted by Crippen LogP contribution is -2.43. The molecule has 1 aromatic carbocycles. The van der Waals surface area contributed by atoms with Gasteiger partial charge in [0.2, 0.25) is 0 Å². The Balaban J connectivity index is 2.41. The normalized spacial score (nSPS) is 21.3. The van der Waals surface area contributed by atoms with E-state index >= 15 is 0 Å². The first-order chi connectivity index (χ1) is 8.28. The molecule has 0 unspecified atom stereocenters. The third-order valence-electron chi connectivity index (χ3n) is 2.46. The van der Waals surface area contributed by atoms with Crippen molar-refractivity contribution in [1.29, 1.82) is 0 Å². The van der Waals surface area contributed by atoms with Crippen LogP contribution in [0, 0.1) is 0 Å². The number of para-hydroxylation sites is 1. The van der Waals surface area contributed by atoms with Crippen molar-refractivity contribution >= 4 is 23.1 Å². The first-order valence-corrected chi connectivity index (χ1v) is 5.19. The molecule has 2 nitrogen and oxygen atoms in total. The number of nitrogens with one attached hydrogen (secondary N) is 1. The van der Waals surface area contributed by atoms with Crippen molar-refractivity contribution in [1.82, 2.24) is 0 Å². The van der Waals surface area contributed by atoms with Crippen molar-refractivity contribution in [3.05, 3.63) is 41.1 Å². The Hall–Kier alpha value is -1.56. The summed E-state index contributed by atoms with van der Waals surface area (Å²) in [5, 5.41) is 0.891. The van der Waals surface area contributed by atoms with Gasteiger partial charge in [-0.15, -0.1) is 0 Å². The third kappa shape index (κ3) is 1.68. The number of hydrogen-bond donors (Lipinski definition) is 1. The molecule has 0 saturated carbocycles. The van der Waals surface area contributed by atoms with Crippen LogP contribution in [0.5, 0.6) is 0 Å². The molecule has 7 heteroatoms. The summed E-state index contributed by atoms with van der Waals surface area (Å²) in [4.78, 5) is 11.0. The fraction of sp³-hybridized carbons (Fsp3) is 0.182. The van der Waals surface area contributed by atoms with Crippen molar-refractivity contribution in [3.63, 3.8) is 0 Å². The smallest absolute Gasteiger partial charge is 0.352 e. The van der Waals surface area contributed by atoms with Crippen LogP contribution in [-0.2, 0) is 4.79 Å². The lowest BCUT2D eigenvalue weighted by atomic mass is 10.2. The van der Waals surface area contributed by atoms with Gasteiger partial charge in [-0.05, 0) is 12.1 Å². The van der Waals surface area contributed by atoms with Crippen molar-refractivity contribution in [2.75, 3.05) is 5.32 Å². The molecule has 1 N–H and O–H groups in total. The number of ketones is 1. The van der Waals surface area contributed by atoms with E-state index in [1.54, 1.807) is 6.07 Å². The van der Waals surface area contributed by atoms with Gasteiger partial charge >= 0.3 is 11.8 Å². The Morgan fingerprint density at radius 2 is 1.56 bits per heavy atom. The van der Waals surface area contributed by atoms with Gasteiger partial charge < -0.3 is 5.32 Å². The van der Waals surface area contributed by atoms with Gasteiger partial charge in [0.15, 0.2) is 0 Å². The molecule has 18 heavy (non-hydrogen) atoms. The Labute approximate surface area is 104 Å². The van der Waals surface area contributed by atoms with E-state index in [4.69, 9.17) is 11.6 Å². The maximum absolute atomic E-state index is 13.4.